The van der Waals surface area contributed by atoms with Crippen LogP contribution in [0.3, 0.4) is 0 Å². The molecule has 0 radical (unpaired) electrons. The fourth-order valence-electron chi connectivity index (χ4n) is 2.69. The van der Waals surface area contributed by atoms with Gasteiger partial charge < -0.3 is 5.32 Å². The Morgan fingerprint density at radius 2 is 1.94 bits per heavy atom. The van der Waals surface area contributed by atoms with E-state index in [9.17, 15) is 0 Å². The van der Waals surface area contributed by atoms with Crippen LogP contribution in [0.15, 0.2) is 18.2 Å². The maximum Gasteiger partial charge on any atom is 0.101 e. The Labute approximate surface area is 104 Å². The number of hydrogen-bond donors (Lipinski definition) is 1. The summed E-state index contributed by atoms with van der Waals surface area (Å²) in [6.07, 6.45) is 6.32. The van der Waals surface area contributed by atoms with Gasteiger partial charge >= 0.3 is 0 Å². The van der Waals surface area contributed by atoms with Gasteiger partial charge in [0.15, 0.2) is 0 Å². The van der Waals surface area contributed by atoms with Crippen molar-refractivity contribution in [2.45, 2.75) is 51.5 Å². The molecule has 17 heavy (non-hydrogen) atoms. The number of anilines is 1. The zero-order valence-corrected chi connectivity index (χ0v) is 10.7. The average molecular weight is 228 g/mol. The van der Waals surface area contributed by atoms with Crippen LogP contribution in [0.4, 0.5) is 5.69 Å². The highest BCUT2D eigenvalue weighted by molar-refractivity contribution is 5.63. The van der Waals surface area contributed by atoms with Crippen LogP contribution in [0.2, 0.25) is 0 Å². The standard InChI is InChI=1S/C15H20N2/c1-12-7-6-8-13(11-16)14(12)17-15(2)9-4-3-5-10-15/h6-8,17H,3-5,9-10H2,1-2H3. The van der Waals surface area contributed by atoms with Crippen LogP contribution in [-0.4, -0.2) is 5.54 Å². The number of aryl methyl sites for hydroxylation is 1. The van der Waals surface area contributed by atoms with Crippen LogP contribution in [0.5, 0.6) is 0 Å². The molecule has 0 atom stereocenters. The molecule has 1 aliphatic rings. The fourth-order valence-corrected chi connectivity index (χ4v) is 2.69. The fraction of sp³-hybridized carbons (Fsp3) is 0.533. The van der Waals surface area contributed by atoms with Gasteiger partial charge in [-0.1, -0.05) is 31.4 Å². The molecule has 1 aromatic carbocycles. The second-order valence-electron chi connectivity index (χ2n) is 5.36. The minimum Gasteiger partial charge on any atom is -0.379 e. The summed E-state index contributed by atoms with van der Waals surface area (Å²) < 4.78 is 0. The van der Waals surface area contributed by atoms with E-state index in [0.717, 1.165) is 16.8 Å². The molecule has 0 saturated heterocycles. The number of rotatable bonds is 2. The molecule has 0 spiro atoms. The first-order chi connectivity index (χ1) is 8.14. The number of nitriles is 1. The average Bonchev–Trinajstić information content (AvgIpc) is 2.32. The molecule has 0 heterocycles. The van der Waals surface area contributed by atoms with Crippen molar-refractivity contribution in [3.05, 3.63) is 29.3 Å². The SMILES string of the molecule is Cc1cccc(C#N)c1NC1(C)CCCCC1. The van der Waals surface area contributed by atoms with E-state index in [4.69, 9.17) is 5.26 Å². The maximum atomic E-state index is 9.17. The van der Waals surface area contributed by atoms with Crippen LogP contribution in [0, 0.1) is 18.3 Å². The molecular formula is C15H20N2. The highest BCUT2D eigenvalue weighted by Crippen LogP contribution is 2.33. The highest BCUT2D eigenvalue weighted by atomic mass is 15.0. The number of nitrogens with one attached hydrogen (secondary N) is 1. The zero-order chi connectivity index (χ0) is 12.3. The molecule has 0 aromatic heterocycles. The molecule has 2 nitrogen and oxygen atoms in total. The van der Waals surface area contributed by atoms with Crippen LogP contribution >= 0.6 is 0 Å². The van der Waals surface area contributed by atoms with Gasteiger partial charge in [-0.15, -0.1) is 0 Å². The Hall–Kier alpha value is -1.49. The summed E-state index contributed by atoms with van der Waals surface area (Å²) in [5, 5.41) is 12.8. The molecule has 1 N–H and O–H groups in total. The lowest BCUT2D eigenvalue weighted by molar-refractivity contribution is 0.349. The smallest absolute Gasteiger partial charge is 0.101 e. The monoisotopic (exact) mass is 228 g/mol. The van der Waals surface area contributed by atoms with Gasteiger partial charge in [0.25, 0.3) is 0 Å². The van der Waals surface area contributed by atoms with E-state index in [1.54, 1.807) is 0 Å². The largest absolute Gasteiger partial charge is 0.379 e. The second kappa shape index (κ2) is 4.79. The summed E-state index contributed by atoms with van der Waals surface area (Å²) >= 11 is 0. The summed E-state index contributed by atoms with van der Waals surface area (Å²) in [5.41, 5.74) is 3.11. The Kier molecular flexibility index (Phi) is 3.38. The topological polar surface area (TPSA) is 35.8 Å². The van der Waals surface area contributed by atoms with Crippen LogP contribution < -0.4 is 5.32 Å². The van der Waals surface area contributed by atoms with E-state index in [-0.39, 0.29) is 5.54 Å². The van der Waals surface area contributed by atoms with E-state index in [0.29, 0.717) is 0 Å². The minimum absolute atomic E-state index is 0.163. The van der Waals surface area contributed by atoms with Crippen molar-refractivity contribution in [2.75, 3.05) is 5.32 Å². The van der Waals surface area contributed by atoms with Gasteiger partial charge in [-0.25, -0.2) is 0 Å². The normalized spacial score (nSPS) is 18.4. The van der Waals surface area contributed by atoms with Crippen molar-refractivity contribution >= 4 is 5.69 Å². The van der Waals surface area contributed by atoms with Crippen molar-refractivity contribution in [3.63, 3.8) is 0 Å². The first kappa shape index (κ1) is 12.0. The number of para-hydroxylation sites is 1. The molecule has 90 valence electrons. The number of hydrogen-bond acceptors (Lipinski definition) is 2. The van der Waals surface area contributed by atoms with Crippen molar-refractivity contribution in [1.29, 1.82) is 5.26 Å². The molecule has 0 aliphatic heterocycles. The van der Waals surface area contributed by atoms with Gasteiger partial charge in [0, 0.05) is 5.54 Å². The van der Waals surface area contributed by atoms with E-state index < -0.39 is 0 Å². The van der Waals surface area contributed by atoms with E-state index in [2.05, 4.69) is 31.3 Å². The van der Waals surface area contributed by atoms with E-state index in [1.807, 2.05) is 12.1 Å². The molecule has 1 saturated carbocycles. The first-order valence-corrected chi connectivity index (χ1v) is 6.42. The van der Waals surface area contributed by atoms with Crippen molar-refractivity contribution in [2.24, 2.45) is 0 Å². The Balaban J connectivity index is 2.26. The van der Waals surface area contributed by atoms with Gasteiger partial charge in [0.05, 0.1) is 11.3 Å². The lowest BCUT2D eigenvalue weighted by Gasteiger charge is -2.36. The van der Waals surface area contributed by atoms with Crippen molar-refractivity contribution in [1.82, 2.24) is 0 Å². The van der Waals surface area contributed by atoms with Crippen molar-refractivity contribution < 1.29 is 0 Å². The predicted octanol–water partition coefficient (Wildman–Crippen LogP) is 4.00. The maximum absolute atomic E-state index is 9.17. The molecule has 1 aliphatic carbocycles. The Bertz CT molecular complexity index is 437. The molecule has 2 heteroatoms. The van der Waals surface area contributed by atoms with Gasteiger partial charge in [-0.2, -0.15) is 5.26 Å². The zero-order valence-electron chi connectivity index (χ0n) is 10.7. The number of nitrogens with zero attached hydrogens (tertiary/aromatic N) is 1. The van der Waals surface area contributed by atoms with Gasteiger partial charge in [0.1, 0.15) is 6.07 Å². The summed E-state index contributed by atoms with van der Waals surface area (Å²) in [6, 6.07) is 8.18. The minimum atomic E-state index is 0.163. The molecule has 2 rings (SSSR count). The van der Waals surface area contributed by atoms with Gasteiger partial charge in [0.2, 0.25) is 0 Å². The summed E-state index contributed by atoms with van der Waals surface area (Å²) in [4.78, 5) is 0. The van der Waals surface area contributed by atoms with Crippen LogP contribution in [-0.2, 0) is 0 Å². The summed E-state index contributed by atoms with van der Waals surface area (Å²) in [7, 11) is 0. The van der Waals surface area contributed by atoms with E-state index in [1.165, 1.54) is 32.1 Å². The predicted molar refractivity (Wildman–Crippen MR) is 71.0 cm³/mol. The van der Waals surface area contributed by atoms with Gasteiger partial charge in [-0.3, -0.25) is 0 Å². The third kappa shape index (κ3) is 2.61. The lowest BCUT2D eigenvalue weighted by Crippen LogP contribution is -2.37. The molecular weight excluding hydrogens is 208 g/mol. The number of benzene rings is 1. The second-order valence-corrected chi connectivity index (χ2v) is 5.36. The quantitative estimate of drug-likeness (QED) is 0.830. The third-order valence-electron chi connectivity index (χ3n) is 3.78. The van der Waals surface area contributed by atoms with Crippen LogP contribution in [0.1, 0.15) is 50.2 Å². The molecule has 0 unspecified atom stereocenters. The van der Waals surface area contributed by atoms with Crippen molar-refractivity contribution in [3.8, 4) is 6.07 Å². The Morgan fingerprint density at radius 3 is 2.59 bits per heavy atom. The molecule has 1 aromatic rings. The van der Waals surface area contributed by atoms with Gasteiger partial charge in [-0.05, 0) is 38.3 Å². The Morgan fingerprint density at radius 1 is 1.24 bits per heavy atom. The molecule has 0 bridgehead atoms. The lowest BCUT2D eigenvalue weighted by atomic mass is 9.83. The first-order valence-electron chi connectivity index (χ1n) is 6.42. The summed E-state index contributed by atoms with van der Waals surface area (Å²) in [5.74, 6) is 0. The third-order valence-corrected chi connectivity index (χ3v) is 3.78. The van der Waals surface area contributed by atoms with E-state index >= 15 is 0 Å². The molecule has 1 fully saturated rings. The highest BCUT2D eigenvalue weighted by Gasteiger charge is 2.27. The van der Waals surface area contributed by atoms with Crippen LogP contribution in [0.25, 0.3) is 0 Å². The summed E-state index contributed by atoms with van der Waals surface area (Å²) in [6.45, 7) is 4.34. The molecule has 0 amide bonds.